The smallest absolute Gasteiger partial charge is 0.317 e. The van der Waals surface area contributed by atoms with Gasteiger partial charge < -0.3 is 20.4 Å². The molecule has 2 rings (SSSR count). The van der Waals surface area contributed by atoms with E-state index in [4.69, 9.17) is 5.11 Å². The Morgan fingerprint density at radius 3 is 2.00 bits per heavy atom. The molecule has 0 radical (unpaired) electrons. The molecule has 0 aliphatic carbocycles. The molecular weight excluding hydrogens is 488 g/mol. The molecule has 0 amide bonds. The van der Waals surface area contributed by atoms with Crippen LogP contribution < -0.4 is 5.32 Å². The van der Waals surface area contributed by atoms with Crippen LogP contribution in [0.15, 0.2) is 17.6 Å². The third kappa shape index (κ3) is 12.4. The fourth-order valence-electron chi connectivity index (χ4n) is 3.71. The average molecular weight is 525 g/mol. The molecule has 1 fully saturated rings. The summed E-state index contributed by atoms with van der Waals surface area (Å²) in [6, 6.07) is 0. The molecule has 0 spiro atoms. The van der Waals surface area contributed by atoms with Crippen LogP contribution in [0, 0.1) is 11.8 Å². The Morgan fingerprint density at radius 1 is 0.917 bits per heavy atom. The van der Waals surface area contributed by atoms with E-state index in [1.54, 1.807) is 0 Å². The molecule has 0 atom stereocenters. The normalized spacial score (nSPS) is 17.4. The van der Waals surface area contributed by atoms with Crippen LogP contribution in [-0.2, 0) is 19.4 Å². The molecule has 3 N–H and O–H groups in total. The van der Waals surface area contributed by atoms with Gasteiger partial charge in [0.25, 0.3) is 0 Å². The topological polar surface area (TPSA) is 156 Å². The summed E-state index contributed by atoms with van der Waals surface area (Å²) in [5.74, 6) is 4.24. The number of aliphatic carboxylic acids is 2. The van der Waals surface area contributed by atoms with Crippen molar-refractivity contribution in [3.05, 3.63) is 18.0 Å². The first-order valence-corrected chi connectivity index (χ1v) is 13.8. The SMILES string of the molecule is CS(=O)(=O)c1ncc(C#CCCCCN2CCNCCN(CC(=O)O)CCN(CC(=O)O)CC2)cn1. The second-order valence-corrected chi connectivity index (χ2v) is 10.6. The molecule has 1 aromatic rings. The van der Waals surface area contributed by atoms with Crippen LogP contribution in [0.2, 0.25) is 0 Å². The summed E-state index contributed by atoms with van der Waals surface area (Å²) in [5, 5.41) is 21.5. The zero-order chi connectivity index (χ0) is 26.4. The first-order chi connectivity index (χ1) is 17.1. The van der Waals surface area contributed by atoms with E-state index >= 15 is 0 Å². The van der Waals surface area contributed by atoms with E-state index in [0.717, 1.165) is 45.3 Å². The lowest BCUT2D eigenvalue weighted by Crippen LogP contribution is -2.47. The number of nitrogens with zero attached hydrogens (tertiary/aromatic N) is 5. The van der Waals surface area contributed by atoms with Crippen molar-refractivity contribution >= 4 is 21.8 Å². The van der Waals surface area contributed by atoms with Crippen LogP contribution in [0.1, 0.15) is 24.8 Å². The number of rotatable bonds is 9. The molecular formula is C23H36N6O6S. The van der Waals surface area contributed by atoms with Crippen molar-refractivity contribution in [2.45, 2.75) is 24.4 Å². The number of carboxylic acid groups (broad SMARTS) is 2. The number of nitrogens with one attached hydrogen (secondary N) is 1. The molecule has 12 nitrogen and oxygen atoms in total. The fourth-order valence-corrected chi connectivity index (χ4v) is 4.20. The second kappa shape index (κ2) is 15.5. The Hall–Kier alpha value is -2.63. The van der Waals surface area contributed by atoms with E-state index in [-0.39, 0.29) is 18.2 Å². The van der Waals surface area contributed by atoms with Crippen LogP contribution in [0.3, 0.4) is 0 Å². The molecule has 13 heteroatoms. The number of aromatic nitrogens is 2. The van der Waals surface area contributed by atoms with Crippen LogP contribution in [0.5, 0.6) is 0 Å². The van der Waals surface area contributed by atoms with Gasteiger partial charge in [-0.3, -0.25) is 19.4 Å². The van der Waals surface area contributed by atoms with Gasteiger partial charge in [0.05, 0.1) is 18.7 Å². The summed E-state index contributed by atoms with van der Waals surface area (Å²) in [7, 11) is -3.43. The van der Waals surface area contributed by atoms with E-state index in [1.807, 2.05) is 9.80 Å². The number of hydrogen-bond acceptors (Lipinski definition) is 10. The number of unbranched alkanes of at least 4 members (excludes halogenated alkanes) is 2. The molecule has 2 heterocycles. The lowest BCUT2D eigenvalue weighted by molar-refractivity contribution is -0.140. The largest absolute Gasteiger partial charge is 0.480 e. The maximum absolute atomic E-state index is 11.4. The lowest BCUT2D eigenvalue weighted by Gasteiger charge is -2.30. The minimum atomic E-state index is -3.43. The van der Waals surface area contributed by atoms with Crippen LogP contribution in [-0.4, -0.2) is 133 Å². The molecule has 0 saturated carbocycles. The van der Waals surface area contributed by atoms with Crippen LogP contribution in [0.4, 0.5) is 0 Å². The first kappa shape index (κ1) is 29.6. The van der Waals surface area contributed by atoms with Crippen molar-refractivity contribution in [1.82, 2.24) is 30.0 Å². The van der Waals surface area contributed by atoms with Crippen molar-refractivity contribution in [1.29, 1.82) is 0 Å². The van der Waals surface area contributed by atoms with Crippen molar-refractivity contribution < 1.29 is 28.2 Å². The molecule has 0 unspecified atom stereocenters. The third-order valence-electron chi connectivity index (χ3n) is 5.61. The van der Waals surface area contributed by atoms with Gasteiger partial charge >= 0.3 is 11.9 Å². The number of carbonyl (C=O) groups is 2. The molecule has 1 aromatic heterocycles. The van der Waals surface area contributed by atoms with E-state index < -0.39 is 21.8 Å². The van der Waals surface area contributed by atoms with Gasteiger partial charge in [0.1, 0.15) is 0 Å². The summed E-state index contributed by atoms with van der Waals surface area (Å²) in [4.78, 5) is 36.1. The predicted octanol–water partition coefficient (Wildman–Crippen LogP) is -0.920. The van der Waals surface area contributed by atoms with Gasteiger partial charge in [0.15, 0.2) is 0 Å². The van der Waals surface area contributed by atoms with Gasteiger partial charge in [-0.05, 0) is 19.4 Å². The predicted molar refractivity (Wildman–Crippen MR) is 133 cm³/mol. The van der Waals surface area contributed by atoms with E-state index in [1.165, 1.54) is 12.4 Å². The Kier molecular flexibility index (Phi) is 12.7. The molecule has 200 valence electrons. The molecule has 1 aliphatic rings. The number of sulfone groups is 1. The molecule has 36 heavy (non-hydrogen) atoms. The summed E-state index contributed by atoms with van der Waals surface area (Å²) < 4.78 is 22.8. The first-order valence-electron chi connectivity index (χ1n) is 12.0. The Bertz CT molecular complexity index is 1010. The lowest BCUT2D eigenvalue weighted by atomic mass is 10.2. The average Bonchev–Trinajstić information content (AvgIpc) is 2.79. The molecule has 1 saturated heterocycles. The second-order valence-electron chi connectivity index (χ2n) is 8.72. The van der Waals surface area contributed by atoms with E-state index in [2.05, 4.69) is 32.0 Å². The highest BCUT2D eigenvalue weighted by Crippen LogP contribution is 2.03. The van der Waals surface area contributed by atoms with Gasteiger partial charge in [-0.15, -0.1) is 0 Å². The van der Waals surface area contributed by atoms with E-state index in [0.29, 0.717) is 44.7 Å². The standard InChI is InChI=1S/C23H36N6O6S/c1-36(34,35)23-25-16-20(17-26-23)6-4-2-3-5-9-27-10-7-24-8-11-28(18-21(30)31)14-15-29(13-12-27)19-22(32)33/h16-17,24H,2-3,5,7-15,18-19H2,1H3,(H,30,31)(H,32,33). The van der Waals surface area contributed by atoms with Gasteiger partial charge in [-0.2, -0.15) is 0 Å². The Morgan fingerprint density at radius 2 is 1.44 bits per heavy atom. The molecule has 1 aliphatic heterocycles. The van der Waals surface area contributed by atoms with Crippen molar-refractivity contribution in [2.24, 2.45) is 0 Å². The summed E-state index contributed by atoms with van der Waals surface area (Å²) in [5.41, 5.74) is 0.567. The van der Waals surface area contributed by atoms with Crippen molar-refractivity contribution in [2.75, 3.05) is 78.2 Å². The maximum Gasteiger partial charge on any atom is 0.317 e. The highest BCUT2D eigenvalue weighted by atomic mass is 32.2. The van der Waals surface area contributed by atoms with E-state index in [9.17, 15) is 23.1 Å². The fraction of sp³-hybridized carbons (Fsp3) is 0.652. The van der Waals surface area contributed by atoms with Gasteiger partial charge in [0.2, 0.25) is 15.0 Å². The zero-order valence-corrected chi connectivity index (χ0v) is 21.5. The third-order valence-corrected chi connectivity index (χ3v) is 6.49. The van der Waals surface area contributed by atoms with Crippen molar-refractivity contribution in [3.8, 4) is 11.8 Å². The summed E-state index contributed by atoms with van der Waals surface area (Å²) >= 11 is 0. The van der Waals surface area contributed by atoms with Crippen molar-refractivity contribution in [3.63, 3.8) is 0 Å². The monoisotopic (exact) mass is 524 g/mol. The maximum atomic E-state index is 11.4. The minimum Gasteiger partial charge on any atom is -0.480 e. The molecule has 0 aromatic carbocycles. The minimum absolute atomic E-state index is 0.0589. The highest BCUT2D eigenvalue weighted by Gasteiger charge is 2.16. The quantitative estimate of drug-likeness (QED) is 0.208. The van der Waals surface area contributed by atoms with Crippen LogP contribution in [0.25, 0.3) is 0 Å². The molecule has 0 bridgehead atoms. The summed E-state index contributed by atoms with van der Waals surface area (Å²) in [6.45, 7) is 5.90. The summed E-state index contributed by atoms with van der Waals surface area (Å²) in [6.07, 6.45) is 6.38. The Labute approximate surface area is 212 Å². The van der Waals surface area contributed by atoms with Crippen LogP contribution >= 0.6 is 0 Å². The number of hydrogen-bond donors (Lipinski definition) is 3. The number of carboxylic acids is 2. The zero-order valence-electron chi connectivity index (χ0n) is 20.7. The highest BCUT2D eigenvalue weighted by molar-refractivity contribution is 7.90. The Balaban J connectivity index is 1.82. The van der Waals surface area contributed by atoms with Gasteiger partial charge in [0, 0.05) is 77.4 Å². The van der Waals surface area contributed by atoms with Gasteiger partial charge in [-0.1, -0.05) is 11.8 Å². The van der Waals surface area contributed by atoms with Gasteiger partial charge in [-0.25, -0.2) is 18.4 Å².